The van der Waals surface area contributed by atoms with Crippen LogP contribution in [0.2, 0.25) is 0 Å². The monoisotopic (exact) mass is 521 g/mol. The minimum absolute atomic E-state index is 0. The third-order valence-electron chi connectivity index (χ3n) is 4.17. The molecule has 0 aliphatic heterocycles. The molecular weight excluding hydrogens is 497 g/mol. The maximum Gasteiger partial charge on any atom is 0.269 e. The van der Waals surface area contributed by atoms with Gasteiger partial charge in [-0.25, -0.2) is 9.98 Å². The zero-order valence-corrected chi connectivity index (χ0v) is 19.1. The topological polar surface area (TPSA) is 106 Å². The first-order valence-electron chi connectivity index (χ1n) is 9.32. The van der Waals surface area contributed by atoms with E-state index in [-0.39, 0.29) is 29.7 Å². The van der Waals surface area contributed by atoms with Gasteiger partial charge in [-0.3, -0.25) is 10.1 Å². The molecule has 0 aliphatic carbocycles. The van der Waals surface area contributed by atoms with E-state index in [0.717, 1.165) is 16.8 Å². The molecular formula is C21H24IN5O3. The molecule has 9 heteroatoms. The molecule has 30 heavy (non-hydrogen) atoms. The van der Waals surface area contributed by atoms with E-state index >= 15 is 0 Å². The number of hydrogen-bond acceptors (Lipinski definition) is 5. The van der Waals surface area contributed by atoms with Gasteiger partial charge in [-0.15, -0.1) is 24.0 Å². The molecule has 2 aromatic carbocycles. The van der Waals surface area contributed by atoms with Crippen LogP contribution in [0.5, 0.6) is 0 Å². The van der Waals surface area contributed by atoms with E-state index in [1.165, 1.54) is 17.7 Å². The van der Waals surface area contributed by atoms with Crippen LogP contribution in [0.1, 0.15) is 23.7 Å². The molecule has 0 saturated carbocycles. The number of nitrogens with zero attached hydrogens (tertiary/aromatic N) is 3. The molecule has 0 bridgehead atoms. The second-order valence-electron chi connectivity index (χ2n) is 6.49. The van der Waals surface area contributed by atoms with E-state index in [4.69, 9.17) is 4.42 Å². The van der Waals surface area contributed by atoms with Crippen molar-refractivity contribution in [3.63, 3.8) is 0 Å². The number of aromatic nitrogens is 1. The molecule has 0 amide bonds. The highest BCUT2D eigenvalue weighted by molar-refractivity contribution is 14.0. The summed E-state index contributed by atoms with van der Waals surface area (Å²) < 4.78 is 5.57. The normalized spacial score (nSPS) is 10.9. The summed E-state index contributed by atoms with van der Waals surface area (Å²) in [5.41, 5.74) is 3.67. The minimum Gasteiger partial charge on any atom is -0.444 e. The third-order valence-corrected chi connectivity index (χ3v) is 4.17. The second-order valence-corrected chi connectivity index (χ2v) is 6.49. The molecule has 1 aromatic heterocycles. The lowest BCUT2D eigenvalue weighted by Crippen LogP contribution is -2.36. The number of halogens is 1. The number of oxazole rings is 1. The Kier molecular flexibility index (Phi) is 8.78. The molecule has 0 aliphatic rings. The van der Waals surface area contributed by atoms with E-state index in [9.17, 15) is 10.1 Å². The van der Waals surface area contributed by atoms with Gasteiger partial charge in [0.2, 0.25) is 5.89 Å². The number of aliphatic imine (C=N–C) groups is 1. The summed E-state index contributed by atoms with van der Waals surface area (Å²) >= 11 is 0. The van der Waals surface area contributed by atoms with Crippen LogP contribution in [-0.4, -0.2) is 22.4 Å². The van der Waals surface area contributed by atoms with E-state index in [1.807, 2.05) is 44.2 Å². The number of nitrogens with one attached hydrogen (secondary N) is 2. The molecule has 0 fully saturated rings. The fourth-order valence-electron chi connectivity index (χ4n) is 2.67. The Labute approximate surface area is 192 Å². The lowest BCUT2D eigenvalue weighted by molar-refractivity contribution is -0.384. The summed E-state index contributed by atoms with van der Waals surface area (Å²) in [7, 11) is 0. The Morgan fingerprint density at radius 3 is 2.67 bits per heavy atom. The van der Waals surface area contributed by atoms with Crippen LogP contribution < -0.4 is 10.6 Å². The predicted octanol–water partition coefficient (Wildman–Crippen LogP) is 4.43. The molecule has 0 atom stereocenters. The summed E-state index contributed by atoms with van der Waals surface area (Å²) in [5.74, 6) is 1.17. The van der Waals surface area contributed by atoms with Gasteiger partial charge < -0.3 is 15.1 Å². The fourth-order valence-corrected chi connectivity index (χ4v) is 2.67. The number of nitro groups is 1. The van der Waals surface area contributed by atoms with E-state index in [1.54, 1.807) is 12.3 Å². The molecule has 158 valence electrons. The van der Waals surface area contributed by atoms with Gasteiger partial charge in [0.25, 0.3) is 5.69 Å². The van der Waals surface area contributed by atoms with Crippen molar-refractivity contribution in [1.29, 1.82) is 0 Å². The van der Waals surface area contributed by atoms with Crippen molar-refractivity contribution in [3.8, 4) is 11.5 Å². The van der Waals surface area contributed by atoms with Crippen LogP contribution in [-0.2, 0) is 13.1 Å². The Balaban J connectivity index is 0.00000320. The average molecular weight is 521 g/mol. The van der Waals surface area contributed by atoms with Gasteiger partial charge in [-0.05, 0) is 31.5 Å². The standard InChI is InChI=1S/C21H23N5O3.HI/c1-3-22-21(23-12-16-5-4-6-19(11-16)26(27)28)24-13-18-14-29-20(25-18)17-9-7-15(2)8-10-17;/h4-11,14H,3,12-13H2,1-2H3,(H2,22,23,24);1H. The molecule has 0 unspecified atom stereocenters. The summed E-state index contributed by atoms with van der Waals surface area (Å²) in [4.78, 5) is 19.5. The summed E-state index contributed by atoms with van der Waals surface area (Å²) in [5, 5.41) is 17.3. The Hall–Kier alpha value is -2.95. The van der Waals surface area contributed by atoms with Crippen molar-refractivity contribution in [1.82, 2.24) is 15.6 Å². The number of aryl methyl sites for hydroxylation is 1. The Bertz CT molecular complexity index is 1000. The number of hydrogen-bond donors (Lipinski definition) is 2. The first-order valence-corrected chi connectivity index (χ1v) is 9.32. The molecule has 0 saturated heterocycles. The number of rotatable bonds is 7. The molecule has 0 spiro atoms. The lowest BCUT2D eigenvalue weighted by Gasteiger charge is -2.10. The zero-order valence-electron chi connectivity index (χ0n) is 16.8. The molecule has 8 nitrogen and oxygen atoms in total. The van der Waals surface area contributed by atoms with Gasteiger partial charge in [0.05, 0.1) is 23.7 Å². The number of benzene rings is 2. The van der Waals surface area contributed by atoms with Crippen molar-refractivity contribution in [3.05, 3.63) is 81.7 Å². The van der Waals surface area contributed by atoms with Crippen LogP contribution >= 0.6 is 24.0 Å². The first kappa shape index (κ1) is 23.3. The van der Waals surface area contributed by atoms with E-state index in [2.05, 4.69) is 20.6 Å². The van der Waals surface area contributed by atoms with Crippen LogP contribution in [0, 0.1) is 17.0 Å². The van der Waals surface area contributed by atoms with E-state index < -0.39 is 4.92 Å². The molecule has 1 heterocycles. The van der Waals surface area contributed by atoms with Crippen LogP contribution in [0.25, 0.3) is 11.5 Å². The van der Waals surface area contributed by atoms with Crippen molar-refractivity contribution < 1.29 is 9.34 Å². The highest BCUT2D eigenvalue weighted by atomic mass is 127. The highest BCUT2D eigenvalue weighted by Crippen LogP contribution is 2.19. The third kappa shape index (κ3) is 6.55. The number of guanidine groups is 1. The lowest BCUT2D eigenvalue weighted by atomic mass is 10.1. The first-order chi connectivity index (χ1) is 14.0. The second kappa shape index (κ2) is 11.3. The summed E-state index contributed by atoms with van der Waals surface area (Å²) in [6.07, 6.45) is 1.62. The zero-order chi connectivity index (χ0) is 20.6. The number of non-ortho nitro benzene ring substituents is 1. The average Bonchev–Trinajstić information content (AvgIpc) is 3.20. The quantitative estimate of drug-likeness (QED) is 0.157. The molecule has 0 radical (unpaired) electrons. The van der Waals surface area contributed by atoms with Crippen molar-refractivity contribution >= 4 is 35.6 Å². The summed E-state index contributed by atoms with van der Waals surface area (Å²) in [6.45, 7) is 5.45. The highest BCUT2D eigenvalue weighted by Gasteiger charge is 2.08. The molecule has 3 aromatic rings. The van der Waals surface area contributed by atoms with E-state index in [0.29, 0.717) is 31.5 Å². The van der Waals surface area contributed by atoms with Crippen LogP contribution in [0.4, 0.5) is 5.69 Å². The largest absolute Gasteiger partial charge is 0.444 e. The molecule has 3 rings (SSSR count). The Morgan fingerprint density at radius 1 is 1.20 bits per heavy atom. The summed E-state index contributed by atoms with van der Waals surface area (Å²) in [6, 6.07) is 14.4. The fraction of sp³-hybridized carbons (Fsp3) is 0.238. The maximum absolute atomic E-state index is 10.9. The number of nitro benzene ring substituents is 1. The van der Waals surface area contributed by atoms with Gasteiger partial charge in [0, 0.05) is 24.2 Å². The predicted molar refractivity (Wildman–Crippen MR) is 127 cm³/mol. The van der Waals surface area contributed by atoms with Gasteiger partial charge in [0.1, 0.15) is 6.26 Å². The van der Waals surface area contributed by atoms with Gasteiger partial charge >= 0.3 is 0 Å². The van der Waals surface area contributed by atoms with Crippen molar-refractivity contribution in [2.45, 2.75) is 26.9 Å². The van der Waals surface area contributed by atoms with Gasteiger partial charge in [-0.1, -0.05) is 29.8 Å². The van der Waals surface area contributed by atoms with Crippen LogP contribution in [0.15, 0.2) is 64.2 Å². The van der Waals surface area contributed by atoms with Gasteiger partial charge in [0.15, 0.2) is 5.96 Å². The smallest absolute Gasteiger partial charge is 0.269 e. The van der Waals surface area contributed by atoms with Gasteiger partial charge in [-0.2, -0.15) is 0 Å². The molecule has 2 N–H and O–H groups in total. The Morgan fingerprint density at radius 2 is 1.97 bits per heavy atom. The minimum atomic E-state index is -0.410. The van der Waals surface area contributed by atoms with Crippen molar-refractivity contribution in [2.24, 2.45) is 4.99 Å². The van der Waals surface area contributed by atoms with Crippen LogP contribution in [0.3, 0.4) is 0 Å². The maximum atomic E-state index is 10.9. The SMILES string of the molecule is CCNC(=NCc1cccc([N+](=O)[O-])c1)NCc1coc(-c2ccc(C)cc2)n1.I. The van der Waals surface area contributed by atoms with Crippen molar-refractivity contribution in [2.75, 3.05) is 6.54 Å².